The minimum atomic E-state index is 0.792. The molecule has 0 saturated carbocycles. The first kappa shape index (κ1) is 6.59. The fraction of sp³-hybridized carbons (Fsp3) is 0.750. The van der Waals surface area contributed by atoms with E-state index in [0.717, 1.165) is 13.0 Å². The summed E-state index contributed by atoms with van der Waals surface area (Å²) in [6.07, 6.45) is 2.17. The highest BCUT2D eigenvalue weighted by molar-refractivity contribution is 5.52. The van der Waals surface area contributed by atoms with Gasteiger partial charge >= 0.3 is 0 Å². The Morgan fingerprint density at radius 1 is 1.71 bits per heavy atom. The molecule has 0 aliphatic carbocycles. The average molecular weight is 101 g/mol. The van der Waals surface area contributed by atoms with Gasteiger partial charge in [0.15, 0.2) is 0 Å². The van der Waals surface area contributed by atoms with Gasteiger partial charge in [-0.1, -0.05) is 0 Å². The summed E-state index contributed by atoms with van der Waals surface area (Å²) in [5, 5.41) is 6.59. The van der Waals surface area contributed by atoms with Crippen LogP contribution in [0.15, 0.2) is 0 Å². The van der Waals surface area contributed by atoms with Crippen molar-refractivity contribution in [2.45, 2.75) is 6.42 Å². The normalized spacial score (nSPS) is 8.71. The van der Waals surface area contributed by atoms with Crippen LogP contribution in [-0.4, -0.2) is 19.8 Å². The number of hydrazine groups is 1. The van der Waals surface area contributed by atoms with E-state index < -0.39 is 0 Å². The van der Waals surface area contributed by atoms with Crippen molar-refractivity contribution in [3.8, 4) is 0 Å². The number of nitrogens with one attached hydrogen (secondary N) is 3. The lowest BCUT2D eigenvalue weighted by Gasteiger charge is -1.94. The van der Waals surface area contributed by atoms with Gasteiger partial charge < -0.3 is 5.41 Å². The molecule has 0 amide bonds. The summed E-state index contributed by atoms with van der Waals surface area (Å²) < 4.78 is 0. The molecule has 7 heavy (non-hydrogen) atoms. The van der Waals surface area contributed by atoms with Crippen molar-refractivity contribution >= 4 is 6.21 Å². The summed E-state index contributed by atoms with van der Waals surface area (Å²) in [7, 11) is 1.81. The molecule has 0 aliphatic heterocycles. The molecule has 3 N–H and O–H groups in total. The van der Waals surface area contributed by atoms with Crippen LogP contribution in [0.25, 0.3) is 0 Å². The van der Waals surface area contributed by atoms with Gasteiger partial charge in [-0.3, -0.25) is 10.9 Å². The minimum Gasteiger partial charge on any atom is -0.313 e. The Kier molecular flexibility index (Phi) is 5.26. The zero-order chi connectivity index (χ0) is 5.54. The molecule has 42 valence electrons. The molecule has 0 aliphatic rings. The highest BCUT2D eigenvalue weighted by atomic mass is 15.3. The second-order valence-electron chi connectivity index (χ2n) is 1.17. The van der Waals surface area contributed by atoms with Gasteiger partial charge in [-0.15, -0.1) is 0 Å². The van der Waals surface area contributed by atoms with E-state index in [1.54, 1.807) is 0 Å². The molecule has 0 rings (SSSR count). The molecule has 0 aromatic heterocycles. The van der Waals surface area contributed by atoms with Crippen LogP contribution in [0.5, 0.6) is 0 Å². The maximum Gasteiger partial charge on any atom is 0.0149 e. The summed E-state index contributed by atoms with van der Waals surface area (Å²) in [4.78, 5) is 0. The Bertz CT molecular complexity index is 44.2. The zero-order valence-corrected chi connectivity index (χ0v) is 4.49. The van der Waals surface area contributed by atoms with Crippen LogP contribution in [0.3, 0.4) is 0 Å². The smallest absolute Gasteiger partial charge is 0.0149 e. The molecule has 0 heterocycles. The largest absolute Gasteiger partial charge is 0.313 e. The lowest BCUT2D eigenvalue weighted by atomic mass is 10.5. The third-order valence-corrected chi connectivity index (χ3v) is 0.590. The standard InChI is InChI=1S/C4H11N3/c1-6-7-4-2-3-5/h3,5-7H,2,4H2,1H3. The summed E-state index contributed by atoms with van der Waals surface area (Å²) >= 11 is 0. The highest BCUT2D eigenvalue weighted by Gasteiger charge is 1.74. The Labute approximate surface area is 43.6 Å². The summed E-state index contributed by atoms with van der Waals surface area (Å²) in [6.45, 7) is 0.833. The van der Waals surface area contributed by atoms with Crippen molar-refractivity contribution in [1.29, 1.82) is 5.41 Å². The van der Waals surface area contributed by atoms with Gasteiger partial charge in [-0.25, -0.2) is 0 Å². The third-order valence-electron chi connectivity index (χ3n) is 0.590. The fourth-order valence-corrected chi connectivity index (χ4v) is 0.269. The molecular weight excluding hydrogens is 90.1 g/mol. The predicted molar refractivity (Wildman–Crippen MR) is 30.5 cm³/mol. The highest BCUT2D eigenvalue weighted by Crippen LogP contribution is 1.60. The molecular formula is C4H11N3. The number of rotatable bonds is 4. The second-order valence-corrected chi connectivity index (χ2v) is 1.17. The van der Waals surface area contributed by atoms with Crippen LogP contribution in [-0.2, 0) is 0 Å². The molecule has 3 nitrogen and oxygen atoms in total. The van der Waals surface area contributed by atoms with Crippen molar-refractivity contribution < 1.29 is 0 Å². The van der Waals surface area contributed by atoms with E-state index in [0.29, 0.717) is 0 Å². The van der Waals surface area contributed by atoms with Crippen LogP contribution in [0.1, 0.15) is 6.42 Å². The van der Waals surface area contributed by atoms with Crippen molar-refractivity contribution in [1.82, 2.24) is 10.9 Å². The summed E-state index contributed by atoms with van der Waals surface area (Å²) in [5.41, 5.74) is 5.60. The molecule has 0 bridgehead atoms. The molecule has 0 atom stereocenters. The first-order valence-corrected chi connectivity index (χ1v) is 2.30. The van der Waals surface area contributed by atoms with Gasteiger partial charge in [0.25, 0.3) is 0 Å². The Hall–Kier alpha value is -0.410. The average Bonchev–Trinajstić information content (AvgIpc) is 1.69. The van der Waals surface area contributed by atoms with Gasteiger partial charge in [0.05, 0.1) is 0 Å². The Morgan fingerprint density at radius 2 is 2.43 bits per heavy atom. The zero-order valence-electron chi connectivity index (χ0n) is 4.49. The molecule has 0 radical (unpaired) electrons. The van der Waals surface area contributed by atoms with Crippen LogP contribution < -0.4 is 10.9 Å². The number of hydrogen-bond donors (Lipinski definition) is 3. The maximum absolute atomic E-state index is 6.59. The fourth-order valence-electron chi connectivity index (χ4n) is 0.269. The monoisotopic (exact) mass is 101 g/mol. The topological polar surface area (TPSA) is 47.9 Å². The van der Waals surface area contributed by atoms with Crippen LogP contribution in [0.2, 0.25) is 0 Å². The molecule has 0 unspecified atom stereocenters. The number of hydrogen-bond acceptors (Lipinski definition) is 3. The molecule has 0 fully saturated rings. The Morgan fingerprint density at radius 3 is 2.86 bits per heavy atom. The second kappa shape index (κ2) is 5.59. The maximum atomic E-state index is 6.59. The SMILES string of the molecule is CNNCCC=N. The van der Waals surface area contributed by atoms with E-state index in [1.165, 1.54) is 6.21 Å². The molecule has 0 saturated heterocycles. The third kappa shape index (κ3) is 5.59. The summed E-state index contributed by atoms with van der Waals surface area (Å²) in [5.74, 6) is 0. The molecule has 0 aromatic rings. The molecule has 3 heteroatoms. The molecule has 0 aromatic carbocycles. The Balaban J connectivity index is 2.56. The van der Waals surface area contributed by atoms with Gasteiger partial charge in [0, 0.05) is 6.54 Å². The quantitative estimate of drug-likeness (QED) is 0.260. The van der Waals surface area contributed by atoms with Crippen LogP contribution in [0, 0.1) is 5.41 Å². The van der Waals surface area contributed by atoms with E-state index in [-0.39, 0.29) is 0 Å². The minimum absolute atomic E-state index is 0.792. The van der Waals surface area contributed by atoms with Crippen LogP contribution >= 0.6 is 0 Å². The van der Waals surface area contributed by atoms with Crippen molar-refractivity contribution in [3.05, 3.63) is 0 Å². The van der Waals surface area contributed by atoms with Crippen molar-refractivity contribution in [2.24, 2.45) is 0 Å². The summed E-state index contributed by atoms with van der Waals surface area (Å²) in [6, 6.07) is 0. The van der Waals surface area contributed by atoms with E-state index in [2.05, 4.69) is 10.9 Å². The van der Waals surface area contributed by atoms with Gasteiger partial charge in [-0.2, -0.15) is 0 Å². The lowest BCUT2D eigenvalue weighted by Crippen LogP contribution is -2.28. The van der Waals surface area contributed by atoms with Crippen molar-refractivity contribution in [3.63, 3.8) is 0 Å². The van der Waals surface area contributed by atoms with Crippen molar-refractivity contribution in [2.75, 3.05) is 13.6 Å². The van der Waals surface area contributed by atoms with E-state index in [1.807, 2.05) is 7.05 Å². The predicted octanol–water partition coefficient (Wildman–Crippen LogP) is -0.250. The molecule has 0 spiro atoms. The van der Waals surface area contributed by atoms with E-state index in [4.69, 9.17) is 5.41 Å². The van der Waals surface area contributed by atoms with Crippen LogP contribution in [0.4, 0.5) is 0 Å². The first-order valence-electron chi connectivity index (χ1n) is 2.30. The van der Waals surface area contributed by atoms with Gasteiger partial charge in [-0.05, 0) is 19.7 Å². The van der Waals surface area contributed by atoms with E-state index in [9.17, 15) is 0 Å². The van der Waals surface area contributed by atoms with Gasteiger partial charge in [0.2, 0.25) is 0 Å². The van der Waals surface area contributed by atoms with E-state index >= 15 is 0 Å². The first-order chi connectivity index (χ1) is 3.41. The van der Waals surface area contributed by atoms with Gasteiger partial charge in [0.1, 0.15) is 0 Å². The lowest BCUT2D eigenvalue weighted by molar-refractivity contribution is 0.610.